The Kier molecular flexibility index (Phi) is 4.89. The van der Waals surface area contributed by atoms with Gasteiger partial charge in [-0.1, -0.05) is 0 Å². The van der Waals surface area contributed by atoms with Crippen LogP contribution in [0, 0.1) is 0 Å². The maximum atomic E-state index is 11.6. The summed E-state index contributed by atoms with van der Waals surface area (Å²) >= 11 is 1.56. The van der Waals surface area contributed by atoms with Crippen LogP contribution in [0.1, 0.15) is 23.7 Å². The number of methoxy groups -OCH3 is 1. The van der Waals surface area contributed by atoms with Crippen molar-refractivity contribution in [2.24, 2.45) is 0 Å². The van der Waals surface area contributed by atoms with Crippen molar-refractivity contribution in [2.45, 2.75) is 19.6 Å². The molecule has 0 radical (unpaired) electrons. The van der Waals surface area contributed by atoms with Crippen molar-refractivity contribution in [1.29, 1.82) is 0 Å². The predicted molar refractivity (Wildman–Crippen MR) is 68.1 cm³/mol. The lowest BCUT2D eigenvalue weighted by Crippen LogP contribution is -2.35. The molecule has 1 aromatic heterocycles. The Labute approximate surface area is 106 Å². The summed E-state index contributed by atoms with van der Waals surface area (Å²) in [5, 5.41) is 2.90. The van der Waals surface area contributed by atoms with Crippen LogP contribution in [0.2, 0.25) is 0 Å². The first kappa shape index (κ1) is 13.9. The Morgan fingerprint density at radius 2 is 2.18 bits per heavy atom. The fraction of sp³-hybridized carbons (Fsp3) is 0.636. The maximum Gasteiger partial charge on any atom is 0.319 e. The fourth-order valence-corrected chi connectivity index (χ4v) is 2.18. The van der Waals surface area contributed by atoms with Crippen LogP contribution in [0.15, 0.2) is 5.38 Å². The predicted octanol–water partition coefficient (Wildman–Crippen LogP) is 1.96. The fourth-order valence-electron chi connectivity index (χ4n) is 1.33. The van der Waals surface area contributed by atoms with Gasteiger partial charge in [-0.3, -0.25) is 0 Å². The van der Waals surface area contributed by atoms with E-state index in [9.17, 15) is 4.79 Å². The highest BCUT2D eigenvalue weighted by atomic mass is 32.1. The first-order valence-electron chi connectivity index (χ1n) is 5.35. The standard InChI is InChI=1S/C11H19N3O2S/c1-8(16-5)10-12-9(7-17-10)6-14(4)11(15)13(2)3/h7-8H,6H2,1-5H3/t8-/m1/s1. The van der Waals surface area contributed by atoms with Crippen molar-refractivity contribution >= 4 is 17.4 Å². The number of urea groups is 1. The molecule has 1 atom stereocenters. The van der Waals surface area contributed by atoms with E-state index in [2.05, 4.69) is 4.98 Å². The van der Waals surface area contributed by atoms with Crippen molar-refractivity contribution < 1.29 is 9.53 Å². The molecule has 0 aromatic carbocycles. The van der Waals surface area contributed by atoms with Gasteiger partial charge in [-0.2, -0.15) is 0 Å². The molecule has 0 bridgehead atoms. The third-order valence-corrected chi connectivity index (χ3v) is 3.43. The van der Waals surface area contributed by atoms with Gasteiger partial charge in [-0.05, 0) is 6.92 Å². The number of carbonyl (C=O) groups excluding carboxylic acids is 1. The van der Waals surface area contributed by atoms with Gasteiger partial charge in [0.2, 0.25) is 0 Å². The summed E-state index contributed by atoms with van der Waals surface area (Å²) in [7, 11) is 6.89. The Bertz CT molecular complexity index is 379. The summed E-state index contributed by atoms with van der Waals surface area (Å²) < 4.78 is 5.20. The van der Waals surface area contributed by atoms with Gasteiger partial charge in [0.15, 0.2) is 0 Å². The molecule has 17 heavy (non-hydrogen) atoms. The molecule has 6 heteroatoms. The van der Waals surface area contributed by atoms with E-state index in [1.807, 2.05) is 12.3 Å². The van der Waals surface area contributed by atoms with Crippen molar-refractivity contribution in [1.82, 2.24) is 14.8 Å². The van der Waals surface area contributed by atoms with Crippen LogP contribution >= 0.6 is 11.3 Å². The molecule has 0 saturated carbocycles. The molecular formula is C11H19N3O2S. The summed E-state index contributed by atoms with van der Waals surface area (Å²) in [4.78, 5) is 19.3. The molecule has 96 valence electrons. The molecule has 0 spiro atoms. The van der Waals surface area contributed by atoms with Crippen molar-refractivity contribution in [2.75, 3.05) is 28.3 Å². The van der Waals surface area contributed by atoms with E-state index in [1.165, 1.54) is 0 Å². The molecule has 0 N–H and O–H groups in total. The van der Waals surface area contributed by atoms with Crippen LogP contribution < -0.4 is 0 Å². The maximum absolute atomic E-state index is 11.6. The third kappa shape index (κ3) is 3.67. The molecule has 2 amide bonds. The smallest absolute Gasteiger partial charge is 0.319 e. The zero-order chi connectivity index (χ0) is 13.0. The molecule has 1 rings (SSSR count). The molecule has 1 heterocycles. The van der Waals surface area contributed by atoms with Gasteiger partial charge < -0.3 is 14.5 Å². The molecule has 0 aliphatic carbocycles. The van der Waals surface area contributed by atoms with Crippen LogP contribution in [-0.2, 0) is 11.3 Å². The summed E-state index contributed by atoms with van der Waals surface area (Å²) in [5.74, 6) is 0. The molecule has 0 aliphatic rings. The average Bonchev–Trinajstić information content (AvgIpc) is 2.75. The Hall–Kier alpha value is -1.14. The number of aromatic nitrogens is 1. The van der Waals surface area contributed by atoms with Crippen molar-refractivity contribution in [3.05, 3.63) is 16.1 Å². The number of thiazole rings is 1. The molecule has 0 unspecified atom stereocenters. The van der Waals surface area contributed by atoms with Gasteiger partial charge in [0.1, 0.15) is 11.1 Å². The molecule has 1 aromatic rings. The van der Waals surface area contributed by atoms with Crippen molar-refractivity contribution in [3.63, 3.8) is 0 Å². The zero-order valence-electron chi connectivity index (χ0n) is 10.9. The van der Waals surface area contributed by atoms with Gasteiger partial charge in [-0.25, -0.2) is 9.78 Å². The number of amides is 2. The van der Waals surface area contributed by atoms with Gasteiger partial charge in [-0.15, -0.1) is 11.3 Å². The zero-order valence-corrected chi connectivity index (χ0v) is 11.7. The van der Waals surface area contributed by atoms with E-state index < -0.39 is 0 Å². The lowest BCUT2D eigenvalue weighted by Gasteiger charge is -2.20. The SMILES string of the molecule is CO[C@H](C)c1nc(CN(C)C(=O)N(C)C)cs1. The van der Waals surface area contributed by atoms with Crippen LogP contribution in [0.4, 0.5) is 4.79 Å². The normalized spacial score (nSPS) is 12.3. The van der Waals surface area contributed by atoms with Crippen LogP contribution in [0.25, 0.3) is 0 Å². The van der Waals surface area contributed by atoms with Crippen LogP contribution in [-0.4, -0.2) is 49.1 Å². The second-order valence-corrected chi connectivity index (χ2v) is 4.98. The van der Waals surface area contributed by atoms with Crippen LogP contribution in [0.5, 0.6) is 0 Å². The van der Waals surface area contributed by atoms with E-state index in [0.717, 1.165) is 10.7 Å². The largest absolute Gasteiger partial charge is 0.375 e. The Morgan fingerprint density at radius 1 is 1.53 bits per heavy atom. The summed E-state index contributed by atoms with van der Waals surface area (Å²) in [6.45, 7) is 2.47. The highest BCUT2D eigenvalue weighted by Crippen LogP contribution is 2.20. The minimum Gasteiger partial charge on any atom is -0.375 e. The molecule has 0 fully saturated rings. The minimum absolute atomic E-state index is 0.00334. The van der Waals surface area contributed by atoms with Crippen molar-refractivity contribution in [3.8, 4) is 0 Å². The second-order valence-electron chi connectivity index (χ2n) is 4.09. The van der Waals surface area contributed by atoms with Gasteiger partial charge in [0.05, 0.1) is 12.2 Å². The number of hydrogen-bond acceptors (Lipinski definition) is 4. The molecule has 0 saturated heterocycles. The summed E-state index contributed by atoms with van der Waals surface area (Å²) in [5.41, 5.74) is 0.895. The van der Waals surface area contributed by atoms with E-state index in [0.29, 0.717) is 6.54 Å². The third-order valence-electron chi connectivity index (χ3n) is 2.38. The summed E-state index contributed by atoms with van der Waals surface area (Å²) in [6.07, 6.45) is 0.00334. The highest BCUT2D eigenvalue weighted by molar-refractivity contribution is 7.09. The lowest BCUT2D eigenvalue weighted by molar-refractivity contribution is 0.119. The first-order valence-corrected chi connectivity index (χ1v) is 6.23. The Balaban J connectivity index is 2.63. The van der Waals surface area contributed by atoms with E-state index >= 15 is 0 Å². The molecule has 5 nitrogen and oxygen atoms in total. The van der Waals surface area contributed by atoms with E-state index in [1.54, 1.807) is 49.4 Å². The number of hydrogen-bond donors (Lipinski definition) is 0. The molecule has 0 aliphatic heterocycles. The quantitative estimate of drug-likeness (QED) is 0.828. The van der Waals surface area contributed by atoms with E-state index in [4.69, 9.17) is 4.74 Å². The molecular weight excluding hydrogens is 238 g/mol. The first-order chi connectivity index (χ1) is 7.95. The minimum atomic E-state index is -0.0284. The average molecular weight is 257 g/mol. The van der Waals surface area contributed by atoms with Crippen LogP contribution in [0.3, 0.4) is 0 Å². The lowest BCUT2D eigenvalue weighted by atomic mass is 10.4. The number of carbonyl (C=O) groups is 1. The number of nitrogens with zero attached hydrogens (tertiary/aromatic N) is 3. The topological polar surface area (TPSA) is 45.7 Å². The van der Waals surface area contributed by atoms with Gasteiger partial charge >= 0.3 is 6.03 Å². The van der Waals surface area contributed by atoms with Gasteiger partial charge in [0.25, 0.3) is 0 Å². The van der Waals surface area contributed by atoms with E-state index in [-0.39, 0.29) is 12.1 Å². The summed E-state index contributed by atoms with van der Waals surface area (Å²) in [6, 6.07) is -0.0284. The van der Waals surface area contributed by atoms with Gasteiger partial charge in [0, 0.05) is 33.6 Å². The monoisotopic (exact) mass is 257 g/mol. The second kappa shape index (κ2) is 5.97. The Morgan fingerprint density at radius 3 is 2.71 bits per heavy atom. The number of ether oxygens (including phenoxy) is 1. The highest BCUT2D eigenvalue weighted by Gasteiger charge is 2.14. The number of rotatable bonds is 4.